The van der Waals surface area contributed by atoms with Crippen LogP contribution in [0.25, 0.3) is 0 Å². The Labute approximate surface area is 86.1 Å². The summed E-state index contributed by atoms with van der Waals surface area (Å²) in [5.74, 6) is 0.674. The van der Waals surface area contributed by atoms with E-state index in [-0.39, 0.29) is 0 Å². The van der Waals surface area contributed by atoms with Gasteiger partial charge >= 0.3 is 0 Å². The maximum Gasteiger partial charge on any atom is 0.0651 e. The Bertz CT molecular complexity index is 268. The summed E-state index contributed by atoms with van der Waals surface area (Å²) in [4.78, 5) is 0. The van der Waals surface area contributed by atoms with Crippen LogP contribution in [0.2, 0.25) is 0 Å². The first kappa shape index (κ1) is 9.72. The van der Waals surface area contributed by atoms with Crippen LogP contribution in [0.15, 0.2) is 30.3 Å². The van der Waals surface area contributed by atoms with Gasteiger partial charge in [0.15, 0.2) is 0 Å². The van der Waals surface area contributed by atoms with E-state index in [4.69, 9.17) is 4.74 Å². The van der Waals surface area contributed by atoms with Crippen molar-refractivity contribution in [2.45, 2.75) is 38.2 Å². The average molecular weight is 190 g/mol. The number of unbranched alkanes of at least 4 members (excludes halogenated alkanes) is 1. The fourth-order valence-electron chi connectivity index (χ4n) is 1.79. The van der Waals surface area contributed by atoms with Gasteiger partial charge in [0.1, 0.15) is 0 Å². The molecule has 0 heterocycles. The van der Waals surface area contributed by atoms with Crippen molar-refractivity contribution in [3.05, 3.63) is 35.9 Å². The van der Waals surface area contributed by atoms with Gasteiger partial charge in [0, 0.05) is 12.5 Å². The Morgan fingerprint density at radius 2 is 2.07 bits per heavy atom. The van der Waals surface area contributed by atoms with Crippen molar-refractivity contribution in [1.29, 1.82) is 0 Å². The van der Waals surface area contributed by atoms with E-state index in [1.165, 1.54) is 24.8 Å². The normalized spacial score (nSPS) is 24.9. The van der Waals surface area contributed by atoms with Crippen LogP contribution in [0.3, 0.4) is 0 Å². The predicted molar refractivity (Wildman–Crippen MR) is 58.4 cm³/mol. The SMILES string of the molecule is CCCCO[C@@H]1C[C@H]1c1ccccc1. The second kappa shape index (κ2) is 4.61. The van der Waals surface area contributed by atoms with E-state index in [0.717, 1.165) is 6.61 Å². The Kier molecular flexibility index (Phi) is 3.20. The minimum atomic E-state index is 0.504. The fourth-order valence-corrected chi connectivity index (χ4v) is 1.79. The van der Waals surface area contributed by atoms with Crippen LogP contribution in [-0.2, 0) is 4.74 Å². The first-order valence-electron chi connectivity index (χ1n) is 5.58. The molecule has 0 amide bonds. The first-order valence-corrected chi connectivity index (χ1v) is 5.58. The van der Waals surface area contributed by atoms with Crippen LogP contribution in [0, 0.1) is 0 Å². The Morgan fingerprint density at radius 1 is 1.29 bits per heavy atom. The van der Waals surface area contributed by atoms with Gasteiger partial charge in [-0.25, -0.2) is 0 Å². The number of ether oxygens (including phenoxy) is 1. The van der Waals surface area contributed by atoms with Gasteiger partial charge in [-0.05, 0) is 18.4 Å². The van der Waals surface area contributed by atoms with Crippen LogP contribution in [0.4, 0.5) is 0 Å². The van der Waals surface area contributed by atoms with Crippen molar-refractivity contribution < 1.29 is 4.74 Å². The van der Waals surface area contributed by atoms with Gasteiger partial charge in [0.25, 0.3) is 0 Å². The summed E-state index contributed by atoms with van der Waals surface area (Å²) in [5.41, 5.74) is 1.44. The number of rotatable bonds is 5. The van der Waals surface area contributed by atoms with E-state index in [2.05, 4.69) is 37.3 Å². The lowest BCUT2D eigenvalue weighted by Crippen LogP contribution is -1.98. The van der Waals surface area contributed by atoms with Crippen LogP contribution >= 0.6 is 0 Å². The van der Waals surface area contributed by atoms with Crippen molar-refractivity contribution in [1.82, 2.24) is 0 Å². The highest BCUT2D eigenvalue weighted by Crippen LogP contribution is 2.43. The Hall–Kier alpha value is -0.820. The van der Waals surface area contributed by atoms with E-state index >= 15 is 0 Å². The smallest absolute Gasteiger partial charge is 0.0651 e. The largest absolute Gasteiger partial charge is 0.378 e. The highest BCUT2D eigenvalue weighted by Gasteiger charge is 2.38. The number of benzene rings is 1. The molecule has 0 spiro atoms. The summed E-state index contributed by atoms with van der Waals surface area (Å²) in [6.45, 7) is 3.13. The molecule has 0 N–H and O–H groups in total. The molecule has 1 saturated carbocycles. The van der Waals surface area contributed by atoms with Crippen LogP contribution in [0.5, 0.6) is 0 Å². The molecule has 0 unspecified atom stereocenters. The van der Waals surface area contributed by atoms with E-state index in [0.29, 0.717) is 12.0 Å². The lowest BCUT2D eigenvalue weighted by molar-refractivity contribution is 0.113. The number of hydrogen-bond donors (Lipinski definition) is 0. The third-order valence-corrected chi connectivity index (χ3v) is 2.79. The minimum absolute atomic E-state index is 0.504. The first-order chi connectivity index (χ1) is 6.92. The molecule has 76 valence electrons. The lowest BCUT2D eigenvalue weighted by atomic mass is 10.1. The maximum absolute atomic E-state index is 5.76. The molecule has 14 heavy (non-hydrogen) atoms. The molecule has 0 aromatic heterocycles. The van der Waals surface area contributed by atoms with Crippen molar-refractivity contribution in [3.8, 4) is 0 Å². The highest BCUT2D eigenvalue weighted by atomic mass is 16.5. The van der Waals surface area contributed by atoms with E-state index in [1.54, 1.807) is 0 Å². The molecule has 1 aromatic rings. The van der Waals surface area contributed by atoms with Crippen LogP contribution < -0.4 is 0 Å². The molecule has 0 radical (unpaired) electrons. The second-order valence-electron chi connectivity index (χ2n) is 4.02. The minimum Gasteiger partial charge on any atom is -0.378 e. The number of hydrogen-bond acceptors (Lipinski definition) is 1. The predicted octanol–water partition coefficient (Wildman–Crippen LogP) is 3.36. The molecule has 0 saturated heterocycles. The summed E-state index contributed by atoms with van der Waals surface area (Å²) in [6.07, 6.45) is 4.14. The summed E-state index contributed by atoms with van der Waals surface area (Å²) >= 11 is 0. The fraction of sp³-hybridized carbons (Fsp3) is 0.538. The van der Waals surface area contributed by atoms with Crippen molar-refractivity contribution in [3.63, 3.8) is 0 Å². The maximum atomic E-state index is 5.76. The van der Waals surface area contributed by atoms with Crippen molar-refractivity contribution in [2.75, 3.05) is 6.61 Å². The Balaban J connectivity index is 1.76. The molecule has 1 nitrogen and oxygen atoms in total. The molecule has 1 aromatic carbocycles. The summed E-state index contributed by atoms with van der Waals surface area (Å²) < 4.78 is 5.76. The molecule has 2 atom stereocenters. The molecule has 1 heteroatoms. The topological polar surface area (TPSA) is 9.23 Å². The molecule has 1 aliphatic carbocycles. The van der Waals surface area contributed by atoms with E-state index in [1.807, 2.05) is 0 Å². The zero-order valence-corrected chi connectivity index (χ0v) is 8.78. The van der Waals surface area contributed by atoms with Gasteiger partial charge < -0.3 is 4.74 Å². The molecular formula is C13H18O. The van der Waals surface area contributed by atoms with Crippen LogP contribution in [-0.4, -0.2) is 12.7 Å². The highest BCUT2D eigenvalue weighted by molar-refractivity contribution is 5.26. The molecule has 0 bridgehead atoms. The zero-order valence-electron chi connectivity index (χ0n) is 8.78. The molecule has 1 fully saturated rings. The third kappa shape index (κ3) is 2.36. The summed E-state index contributed by atoms with van der Waals surface area (Å²) in [5, 5.41) is 0. The standard InChI is InChI=1S/C13H18O/c1-2-3-9-14-13-10-12(13)11-7-5-4-6-8-11/h4-8,12-13H,2-3,9-10H2,1H3/t12-,13+/m0/s1. The molecule has 0 aliphatic heterocycles. The van der Waals surface area contributed by atoms with Gasteiger partial charge in [-0.15, -0.1) is 0 Å². The average Bonchev–Trinajstić information content (AvgIpc) is 2.99. The second-order valence-corrected chi connectivity index (χ2v) is 4.02. The van der Waals surface area contributed by atoms with Gasteiger partial charge in [-0.2, -0.15) is 0 Å². The summed E-state index contributed by atoms with van der Waals surface area (Å²) in [6, 6.07) is 10.7. The monoisotopic (exact) mass is 190 g/mol. The van der Waals surface area contributed by atoms with Gasteiger partial charge in [-0.1, -0.05) is 43.7 Å². The van der Waals surface area contributed by atoms with Gasteiger partial charge in [-0.3, -0.25) is 0 Å². The van der Waals surface area contributed by atoms with Gasteiger partial charge in [0.2, 0.25) is 0 Å². The molecule has 2 rings (SSSR count). The summed E-state index contributed by atoms with van der Waals surface area (Å²) in [7, 11) is 0. The quantitative estimate of drug-likeness (QED) is 0.647. The lowest BCUT2D eigenvalue weighted by Gasteiger charge is -2.02. The van der Waals surface area contributed by atoms with E-state index in [9.17, 15) is 0 Å². The van der Waals surface area contributed by atoms with Crippen LogP contribution in [0.1, 0.15) is 37.7 Å². The molecular weight excluding hydrogens is 172 g/mol. The van der Waals surface area contributed by atoms with E-state index < -0.39 is 0 Å². The Morgan fingerprint density at radius 3 is 2.79 bits per heavy atom. The third-order valence-electron chi connectivity index (χ3n) is 2.79. The van der Waals surface area contributed by atoms with Crippen molar-refractivity contribution >= 4 is 0 Å². The van der Waals surface area contributed by atoms with Crippen molar-refractivity contribution in [2.24, 2.45) is 0 Å². The molecule has 1 aliphatic rings. The zero-order chi connectivity index (χ0) is 9.80. The van der Waals surface area contributed by atoms with Gasteiger partial charge in [0.05, 0.1) is 6.10 Å².